The van der Waals surface area contributed by atoms with Gasteiger partial charge in [0.05, 0.1) is 55.9 Å². The monoisotopic (exact) mass is 606 g/mol. The number of carbonyl (C=O) groups is 1. The molecule has 0 bridgehead atoms. The molecular weight excluding hydrogens is 568 g/mol. The number of sulfonamides is 1. The van der Waals surface area contributed by atoms with Gasteiger partial charge in [0.15, 0.2) is 6.29 Å². The van der Waals surface area contributed by atoms with Crippen molar-refractivity contribution in [3.63, 3.8) is 0 Å². The summed E-state index contributed by atoms with van der Waals surface area (Å²) >= 11 is 0. The molecule has 0 aliphatic carbocycles. The maximum Gasteiger partial charge on any atom is 0.407 e. The van der Waals surface area contributed by atoms with E-state index in [0.29, 0.717) is 38.4 Å². The van der Waals surface area contributed by atoms with Crippen molar-refractivity contribution in [1.82, 2.24) is 9.79 Å². The standard InChI is InChI=1S/C29H38N2O10S/c1-36-21-7-9-23(10-8-21)42(34,35)31(41-22-11-14-37-15-12-22)18-26(32)25(17-20-5-3-2-4-6-20)30-29(33)40-27-19-39-28-24(27)13-16-38-28/h2-10,22,24-28,32H,11-19H2,1H3,(H,30,33)/t24?,25?,26-,27+,28?/m1/s1. The van der Waals surface area contributed by atoms with Gasteiger partial charge in [-0.15, -0.1) is 0 Å². The lowest BCUT2D eigenvalue weighted by atomic mass is 10.0. The van der Waals surface area contributed by atoms with E-state index in [2.05, 4.69) is 5.32 Å². The minimum Gasteiger partial charge on any atom is -0.497 e. The molecule has 5 atom stereocenters. The van der Waals surface area contributed by atoms with Crippen LogP contribution in [0.1, 0.15) is 24.8 Å². The normalized spacial score (nSPS) is 24.2. The molecule has 1 amide bonds. The summed E-state index contributed by atoms with van der Waals surface area (Å²) in [4.78, 5) is 19.0. The van der Waals surface area contributed by atoms with Crippen LogP contribution in [0.2, 0.25) is 0 Å². The third-order valence-electron chi connectivity index (χ3n) is 7.71. The van der Waals surface area contributed by atoms with E-state index in [9.17, 15) is 18.3 Å². The summed E-state index contributed by atoms with van der Waals surface area (Å²) in [7, 11) is -2.71. The zero-order chi connectivity index (χ0) is 29.5. The van der Waals surface area contributed by atoms with Crippen LogP contribution < -0.4 is 10.1 Å². The Kier molecular flexibility index (Phi) is 10.3. The number of nitrogens with one attached hydrogen (secondary N) is 1. The second-order valence-electron chi connectivity index (χ2n) is 10.6. The first-order valence-electron chi connectivity index (χ1n) is 14.2. The first-order chi connectivity index (χ1) is 20.3. The molecule has 2 aromatic rings. The van der Waals surface area contributed by atoms with Crippen molar-refractivity contribution in [2.24, 2.45) is 5.92 Å². The Balaban J connectivity index is 1.34. The van der Waals surface area contributed by atoms with Crippen molar-refractivity contribution < 1.29 is 46.8 Å². The Morgan fingerprint density at radius 2 is 1.79 bits per heavy atom. The summed E-state index contributed by atoms with van der Waals surface area (Å²) in [5.41, 5.74) is 0.838. The fourth-order valence-electron chi connectivity index (χ4n) is 5.31. The summed E-state index contributed by atoms with van der Waals surface area (Å²) in [6.07, 6.45) is -1.42. The highest BCUT2D eigenvalue weighted by Crippen LogP contribution is 2.33. The molecule has 3 aliphatic rings. The second-order valence-corrected chi connectivity index (χ2v) is 12.4. The third kappa shape index (κ3) is 7.59. The molecule has 230 valence electrons. The van der Waals surface area contributed by atoms with Gasteiger partial charge in [-0.2, -0.15) is 0 Å². The van der Waals surface area contributed by atoms with Crippen LogP contribution in [0.3, 0.4) is 0 Å². The van der Waals surface area contributed by atoms with Gasteiger partial charge in [-0.1, -0.05) is 34.8 Å². The van der Waals surface area contributed by atoms with Gasteiger partial charge in [0.1, 0.15) is 11.9 Å². The van der Waals surface area contributed by atoms with Crippen LogP contribution in [0.25, 0.3) is 0 Å². The maximum absolute atomic E-state index is 13.8. The highest BCUT2D eigenvalue weighted by molar-refractivity contribution is 7.89. The molecule has 2 N–H and O–H groups in total. The van der Waals surface area contributed by atoms with E-state index in [4.69, 9.17) is 28.5 Å². The van der Waals surface area contributed by atoms with E-state index in [0.717, 1.165) is 16.5 Å². The second kappa shape index (κ2) is 14.1. The van der Waals surface area contributed by atoms with Crippen molar-refractivity contribution in [2.45, 2.75) is 61.2 Å². The molecule has 0 radical (unpaired) electrons. The summed E-state index contributed by atoms with van der Waals surface area (Å²) < 4.78 is 55.7. The number of carbonyl (C=O) groups excluding carboxylic acids is 1. The summed E-state index contributed by atoms with van der Waals surface area (Å²) in [6, 6.07) is 14.3. The van der Waals surface area contributed by atoms with Gasteiger partial charge in [-0.05, 0) is 55.5 Å². The summed E-state index contributed by atoms with van der Waals surface area (Å²) in [5, 5.41) is 14.2. The Labute approximate surface area is 245 Å². The largest absolute Gasteiger partial charge is 0.497 e. The van der Waals surface area contributed by atoms with Crippen molar-refractivity contribution in [3.8, 4) is 5.75 Å². The molecule has 0 saturated carbocycles. The molecule has 42 heavy (non-hydrogen) atoms. The molecule has 0 spiro atoms. The van der Waals surface area contributed by atoms with E-state index in [-0.39, 0.29) is 30.1 Å². The van der Waals surface area contributed by atoms with Gasteiger partial charge >= 0.3 is 6.09 Å². The van der Waals surface area contributed by atoms with E-state index in [1.165, 1.54) is 19.2 Å². The number of aliphatic hydroxyl groups excluding tert-OH is 1. The number of rotatable bonds is 12. The molecule has 2 aromatic carbocycles. The maximum atomic E-state index is 13.8. The number of ether oxygens (including phenoxy) is 5. The molecule has 5 rings (SSSR count). The fourth-order valence-corrected chi connectivity index (χ4v) is 6.61. The number of benzene rings is 2. The van der Waals surface area contributed by atoms with Crippen molar-refractivity contribution >= 4 is 16.1 Å². The van der Waals surface area contributed by atoms with E-state index < -0.39 is 47.0 Å². The van der Waals surface area contributed by atoms with Gasteiger partial charge in [-0.25, -0.2) is 13.2 Å². The molecular formula is C29H38N2O10S. The Hall–Kier alpha value is -2.78. The summed E-state index contributed by atoms with van der Waals surface area (Å²) in [5.74, 6) is 0.450. The number of hydrogen-bond acceptors (Lipinski definition) is 10. The van der Waals surface area contributed by atoms with Gasteiger partial charge in [0.2, 0.25) is 0 Å². The molecule has 12 nitrogen and oxygen atoms in total. The van der Waals surface area contributed by atoms with Crippen LogP contribution in [0.15, 0.2) is 59.5 Å². The summed E-state index contributed by atoms with van der Waals surface area (Å²) in [6.45, 7) is 1.20. The topological polar surface area (TPSA) is 142 Å². The van der Waals surface area contributed by atoms with Crippen LogP contribution in [0.4, 0.5) is 4.79 Å². The number of methoxy groups -OCH3 is 1. The van der Waals surface area contributed by atoms with Gasteiger partial charge < -0.3 is 34.1 Å². The van der Waals surface area contributed by atoms with E-state index >= 15 is 0 Å². The van der Waals surface area contributed by atoms with Crippen LogP contribution >= 0.6 is 0 Å². The predicted octanol–water partition coefficient (Wildman–Crippen LogP) is 2.26. The predicted molar refractivity (Wildman–Crippen MR) is 149 cm³/mol. The highest BCUT2D eigenvalue weighted by Gasteiger charge is 2.44. The van der Waals surface area contributed by atoms with Crippen LogP contribution in [-0.4, -0.2) is 94.8 Å². The first-order valence-corrected chi connectivity index (χ1v) is 15.6. The minimum atomic E-state index is -4.20. The van der Waals surface area contributed by atoms with Crippen molar-refractivity contribution in [1.29, 1.82) is 0 Å². The van der Waals surface area contributed by atoms with Crippen LogP contribution in [0.5, 0.6) is 5.75 Å². The van der Waals surface area contributed by atoms with Gasteiger partial charge in [-0.3, -0.25) is 4.84 Å². The average molecular weight is 607 g/mol. The Morgan fingerprint density at radius 3 is 2.50 bits per heavy atom. The number of nitrogens with zero attached hydrogens (tertiary/aromatic N) is 1. The molecule has 3 fully saturated rings. The third-order valence-corrected chi connectivity index (χ3v) is 9.35. The molecule has 13 heteroatoms. The lowest BCUT2D eigenvalue weighted by Crippen LogP contribution is -2.52. The van der Waals surface area contributed by atoms with Gasteiger partial charge in [0, 0.05) is 13.2 Å². The van der Waals surface area contributed by atoms with E-state index in [1.807, 2.05) is 30.3 Å². The number of fused-ring (bicyclic) bond motifs is 1. The zero-order valence-corrected chi connectivity index (χ0v) is 24.3. The molecule has 3 heterocycles. The molecule has 3 saturated heterocycles. The van der Waals surface area contributed by atoms with Crippen molar-refractivity contribution in [2.75, 3.05) is 40.1 Å². The van der Waals surface area contributed by atoms with Crippen LogP contribution in [-0.2, 0) is 40.2 Å². The number of hydroxylamine groups is 1. The first kappa shape index (κ1) is 30.7. The Bertz CT molecular complexity index is 1260. The van der Waals surface area contributed by atoms with Crippen LogP contribution in [0, 0.1) is 5.92 Å². The smallest absolute Gasteiger partial charge is 0.407 e. The lowest BCUT2D eigenvalue weighted by Gasteiger charge is -2.32. The number of hydrogen-bond donors (Lipinski definition) is 2. The van der Waals surface area contributed by atoms with E-state index in [1.54, 1.807) is 12.1 Å². The zero-order valence-electron chi connectivity index (χ0n) is 23.5. The molecule has 3 aliphatic heterocycles. The number of amides is 1. The molecule has 3 unspecified atom stereocenters. The highest BCUT2D eigenvalue weighted by atomic mass is 32.2. The van der Waals surface area contributed by atoms with Gasteiger partial charge in [0.25, 0.3) is 10.0 Å². The number of aliphatic hydroxyl groups is 1. The quantitative estimate of drug-likeness (QED) is 0.346. The average Bonchev–Trinajstić information content (AvgIpc) is 3.63. The SMILES string of the molecule is COc1ccc(S(=O)(=O)N(C[C@@H](O)C(Cc2ccccc2)NC(=O)O[C@H]2COC3OCCC32)OC2CCOCC2)cc1. The number of alkyl carbamates (subject to hydrolysis) is 1. The van der Waals surface area contributed by atoms with Crippen molar-refractivity contribution in [3.05, 3.63) is 60.2 Å². The lowest BCUT2D eigenvalue weighted by molar-refractivity contribution is -0.170. The Morgan fingerprint density at radius 1 is 1.05 bits per heavy atom. The fraction of sp³-hybridized carbons (Fsp3) is 0.552. The minimum absolute atomic E-state index is 0.0240. The molecule has 0 aromatic heterocycles.